The molecule has 0 N–H and O–H groups in total. The lowest BCUT2D eigenvalue weighted by Crippen LogP contribution is -2.24. The first-order chi connectivity index (χ1) is 29.5. The van der Waals surface area contributed by atoms with Crippen molar-refractivity contribution >= 4 is 59.3 Å². The zero-order valence-electron chi connectivity index (χ0n) is 33.7. The number of rotatable bonds is 4. The topological polar surface area (TPSA) is 3.24 Å². The lowest BCUT2D eigenvalue weighted by molar-refractivity contribution is 0.626. The Morgan fingerprint density at radius 1 is 0.467 bits per heavy atom. The van der Waals surface area contributed by atoms with Crippen molar-refractivity contribution in [2.75, 3.05) is 4.90 Å². The quantitative estimate of drug-likeness (QED) is 0.172. The summed E-state index contributed by atoms with van der Waals surface area (Å²) in [6.45, 7) is 4.81. The molecule has 13 rings (SSSR count). The summed E-state index contributed by atoms with van der Waals surface area (Å²) in [6, 6.07) is 71.3. The van der Waals surface area contributed by atoms with E-state index in [4.69, 9.17) is 0 Å². The van der Waals surface area contributed by atoms with Crippen LogP contribution in [0.3, 0.4) is 0 Å². The largest absolute Gasteiger partial charge is 0.309 e. The molecule has 1 unspecified atom stereocenters. The summed E-state index contributed by atoms with van der Waals surface area (Å²) < 4.78 is 2.64. The van der Waals surface area contributed by atoms with Crippen LogP contribution in [0.5, 0.6) is 0 Å². The van der Waals surface area contributed by atoms with Crippen LogP contribution in [0, 0.1) is 0 Å². The minimum absolute atomic E-state index is 0.160. The van der Waals surface area contributed by atoms with Crippen molar-refractivity contribution in [3.63, 3.8) is 0 Å². The first-order valence-electron chi connectivity index (χ1n) is 21.3. The van der Waals surface area contributed by atoms with Crippen molar-refractivity contribution in [3.05, 3.63) is 221 Å². The number of fused-ring (bicyclic) bond motifs is 15. The molecule has 3 aliphatic carbocycles. The monoisotopic (exact) mass is 783 g/mol. The van der Waals surface area contributed by atoms with E-state index in [-0.39, 0.29) is 10.8 Å². The van der Waals surface area contributed by atoms with Crippen LogP contribution in [0.1, 0.15) is 53.6 Å². The Bertz CT molecular complexity index is 3440. The normalized spacial score (nSPS) is 16.6. The zero-order chi connectivity index (χ0) is 39.7. The van der Waals surface area contributed by atoms with E-state index in [1.165, 1.54) is 115 Å². The summed E-state index contributed by atoms with van der Waals surface area (Å²) in [5.74, 6) is 0. The second-order valence-corrected chi connectivity index (χ2v) is 18.6. The maximum Gasteiger partial charge on any atom is 0.0555 e. The van der Waals surface area contributed by atoms with E-state index < -0.39 is 0 Å². The predicted octanol–water partition coefficient (Wildman–Crippen LogP) is 15.9. The van der Waals surface area contributed by atoms with Gasteiger partial charge in [0, 0.05) is 42.3 Å². The predicted molar refractivity (Wildman–Crippen MR) is 255 cm³/mol. The number of benzene rings is 9. The van der Waals surface area contributed by atoms with Gasteiger partial charge in [0.05, 0.1) is 11.4 Å². The van der Waals surface area contributed by atoms with Gasteiger partial charge >= 0.3 is 0 Å². The molecule has 0 aliphatic heterocycles. The molecule has 2 heteroatoms. The van der Waals surface area contributed by atoms with Gasteiger partial charge in [-0.2, -0.15) is 0 Å². The molecule has 1 heterocycles. The molecule has 10 aromatic rings. The highest BCUT2D eigenvalue weighted by Crippen LogP contribution is 2.60. The molecule has 1 atom stereocenters. The van der Waals surface area contributed by atoms with Gasteiger partial charge in [-0.05, 0) is 115 Å². The third kappa shape index (κ3) is 4.47. The third-order valence-electron chi connectivity index (χ3n) is 14.3. The highest BCUT2D eigenvalue weighted by atomic mass is 32.1. The van der Waals surface area contributed by atoms with Crippen LogP contribution in [0.25, 0.3) is 64.3 Å². The molecule has 0 saturated heterocycles. The average molecular weight is 784 g/mol. The molecule has 1 aromatic heterocycles. The summed E-state index contributed by atoms with van der Waals surface area (Å²) in [5.41, 5.74) is 19.7. The highest BCUT2D eigenvalue weighted by molar-refractivity contribution is 7.26. The van der Waals surface area contributed by atoms with Crippen LogP contribution < -0.4 is 4.90 Å². The summed E-state index contributed by atoms with van der Waals surface area (Å²) in [5, 5.41) is 5.20. The SMILES string of the molecule is CC1(C)c2ccccc2-c2cccc(-c3ccccc3N(c3ccc4c(c3)C3(CCc5ccccc53)c3ccccc3-4)c3cccc4sc5c6ccccc6ccc5c34)c21. The molecular formula is C58H41NS. The molecule has 9 aromatic carbocycles. The van der Waals surface area contributed by atoms with Crippen molar-refractivity contribution < 1.29 is 0 Å². The molecule has 0 fully saturated rings. The summed E-state index contributed by atoms with van der Waals surface area (Å²) in [6.07, 6.45) is 2.15. The minimum Gasteiger partial charge on any atom is -0.309 e. The molecule has 3 aliphatic rings. The Balaban J connectivity index is 1.11. The molecule has 1 nitrogen and oxygen atoms in total. The van der Waals surface area contributed by atoms with E-state index >= 15 is 0 Å². The van der Waals surface area contributed by atoms with Crippen molar-refractivity contribution in [3.8, 4) is 33.4 Å². The second-order valence-electron chi connectivity index (χ2n) is 17.5. The molecule has 284 valence electrons. The standard InChI is InChI=1S/C58H41NS/c1-57(2)48-24-10-6-19-41(48)44-21-13-22-45(55(44)57)43-20-8-12-26-51(43)59(52-27-14-28-53-54(52)46-31-29-36-15-3-5-17-39(36)56(46)60-53)38-30-32-42-40-18-7-11-25-49(40)58(50(42)35-38)34-33-37-16-4-9-23-47(37)58/h3-32,35H,33-34H2,1-2H3. The highest BCUT2D eigenvalue weighted by Gasteiger charge is 2.48. The molecule has 0 amide bonds. The Morgan fingerprint density at radius 3 is 1.97 bits per heavy atom. The van der Waals surface area contributed by atoms with Crippen LogP contribution in [-0.2, 0) is 17.3 Å². The van der Waals surface area contributed by atoms with Crippen molar-refractivity contribution in [2.24, 2.45) is 0 Å². The average Bonchev–Trinajstić information content (AvgIpc) is 4.02. The maximum atomic E-state index is 2.60. The van der Waals surface area contributed by atoms with Crippen LogP contribution >= 0.6 is 11.3 Å². The molecule has 0 saturated carbocycles. The Hall–Kier alpha value is -6.74. The summed E-state index contributed by atoms with van der Waals surface area (Å²) in [7, 11) is 0. The Labute approximate surface area is 354 Å². The number of para-hydroxylation sites is 1. The number of thiophene rings is 1. The molecule has 60 heavy (non-hydrogen) atoms. The van der Waals surface area contributed by atoms with Gasteiger partial charge in [0.25, 0.3) is 0 Å². The van der Waals surface area contributed by atoms with Crippen molar-refractivity contribution in [1.82, 2.24) is 0 Å². The molecule has 0 bridgehead atoms. The third-order valence-corrected chi connectivity index (χ3v) is 15.5. The first-order valence-corrected chi connectivity index (χ1v) is 22.1. The van der Waals surface area contributed by atoms with Crippen LogP contribution in [0.2, 0.25) is 0 Å². The minimum atomic E-state index is -0.195. The summed E-state index contributed by atoms with van der Waals surface area (Å²) >= 11 is 1.92. The molecule has 0 radical (unpaired) electrons. The van der Waals surface area contributed by atoms with Crippen molar-refractivity contribution in [1.29, 1.82) is 0 Å². The fraction of sp³-hybridized carbons (Fsp3) is 0.103. The van der Waals surface area contributed by atoms with Crippen LogP contribution in [0.4, 0.5) is 17.1 Å². The van der Waals surface area contributed by atoms with Gasteiger partial charge in [-0.3, -0.25) is 0 Å². The van der Waals surface area contributed by atoms with Gasteiger partial charge in [-0.1, -0.05) is 172 Å². The van der Waals surface area contributed by atoms with Crippen LogP contribution in [0.15, 0.2) is 188 Å². The molecular weight excluding hydrogens is 743 g/mol. The van der Waals surface area contributed by atoms with Gasteiger partial charge in [-0.25, -0.2) is 0 Å². The van der Waals surface area contributed by atoms with E-state index in [2.05, 4.69) is 207 Å². The number of nitrogens with zero attached hydrogens (tertiary/aromatic N) is 1. The lowest BCUT2D eigenvalue weighted by Gasteiger charge is -2.33. The Kier molecular flexibility index (Phi) is 7.05. The molecule has 1 spiro atoms. The number of anilines is 3. The number of hydrogen-bond acceptors (Lipinski definition) is 2. The van der Waals surface area contributed by atoms with Gasteiger partial charge in [-0.15, -0.1) is 11.3 Å². The van der Waals surface area contributed by atoms with E-state index in [1.54, 1.807) is 0 Å². The van der Waals surface area contributed by atoms with Gasteiger partial charge in [0.15, 0.2) is 0 Å². The number of hydrogen-bond donors (Lipinski definition) is 0. The van der Waals surface area contributed by atoms with E-state index in [9.17, 15) is 0 Å². The van der Waals surface area contributed by atoms with Crippen molar-refractivity contribution in [2.45, 2.75) is 37.5 Å². The zero-order valence-corrected chi connectivity index (χ0v) is 34.5. The fourth-order valence-corrected chi connectivity index (χ4v) is 13.0. The van der Waals surface area contributed by atoms with E-state index in [0.29, 0.717) is 0 Å². The maximum absolute atomic E-state index is 2.60. The van der Waals surface area contributed by atoms with Gasteiger partial charge in [0.1, 0.15) is 0 Å². The number of aryl methyl sites for hydroxylation is 1. The van der Waals surface area contributed by atoms with E-state index in [1.807, 2.05) is 11.3 Å². The van der Waals surface area contributed by atoms with Gasteiger partial charge < -0.3 is 4.90 Å². The van der Waals surface area contributed by atoms with Gasteiger partial charge in [0.2, 0.25) is 0 Å². The summed E-state index contributed by atoms with van der Waals surface area (Å²) in [4.78, 5) is 2.60. The lowest BCUT2D eigenvalue weighted by atomic mass is 9.73. The first kappa shape index (κ1) is 34.2. The smallest absolute Gasteiger partial charge is 0.0555 e. The fourth-order valence-electron chi connectivity index (χ4n) is 11.8. The van der Waals surface area contributed by atoms with E-state index in [0.717, 1.165) is 12.8 Å². The Morgan fingerprint density at radius 2 is 1.10 bits per heavy atom. The van der Waals surface area contributed by atoms with Crippen LogP contribution in [-0.4, -0.2) is 0 Å². The second kappa shape index (κ2) is 12.4.